The average molecular weight is 571 g/mol. The van der Waals surface area contributed by atoms with Gasteiger partial charge in [0.05, 0.1) is 22.9 Å². The summed E-state index contributed by atoms with van der Waals surface area (Å²) in [6, 6.07) is 56.0. The number of aromatic nitrogens is 4. The highest BCUT2D eigenvalue weighted by Gasteiger charge is 2.17. The molecule has 0 aliphatic heterocycles. The third-order valence-corrected chi connectivity index (χ3v) is 10.3. The molecule has 43 heavy (non-hydrogen) atoms. The van der Waals surface area contributed by atoms with E-state index in [-0.39, 0.29) is 0 Å². The van der Waals surface area contributed by atoms with Crippen LogP contribution in [0, 0.1) is 0 Å². The van der Waals surface area contributed by atoms with Crippen molar-refractivity contribution in [1.82, 2.24) is 19.6 Å². The van der Waals surface area contributed by atoms with Crippen molar-refractivity contribution in [3.63, 3.8) is 0 Å². The van der Waals surface area contributed by atoms with Gasteiger partial charge in [-0.3, -0.25) is 0 Å². The zero-order chi connectivity index (χ0) is 28.6. The molecule has 0 aliphatic rings. The first-order valence-corrected chi connectivity index (χ1v) is 15.7. The Hall–Kier alpha value is -5.31. The van der Waals surface area contributed by atoms with Gasteiger partial charge in [0, 0.05) is 22.0 Å². The largest absolute Gasteiger partial charge is 0.309 e. The Morgan fingerprint density at radius 3 is 1.51 bits per heavy atom. The second-order valence-electron chi connectivity index (χ2n) is 10.5. The normalized spacial score (nSPS) is 11.5. The van der Waals surface area contributed by atoms with Gasteiger partial charge < -0.3 is 4.57 Å². The Balaban J connectivity index is 1.09. The van der Waals surface area contributed by atoms with E-state index in [9.17, 15) is 0 Å². The van der Waals surface area contributed by atoms with E-state index < -0.39 is 7.92 Å². The van der Waals surface area contributed by atoms with Crippen LogP contribution in [0.15, 0.2) is 164 Å². The molecule has 204 valence electrons. The van der Waals surface area contributed by atoms with Gasteiger partial charge in [0.25, 0.3) is 0 Å². The van der Waals surface area contributed by atoms with Gasteiger partial charge in [-0.05, 0) is 60.2 Å². The third kappa shape index (κ3) is 4.63. The molecule has 0 saturated carbocycles. The summed E-state index contributed by atoms with van der Waals surface area (Å²) in [4.78, 5) is 0. The van der Waals surface area contributed by atoms with Crippen LogP contribution < -0.4 is 15.9 Å². The molecule has 0 atom stereocenters. The molecule has 2 heterocycles. The lowest BCUT2D eigenvalue weighted by Gasteiger charge is -2.19. The van der Waals surface area contributed by atoms with Gasteiger partial charge in [-0.25, -0.2) is 4.68 Å². The van der Waals surface area contributed by atoms with Crippen LogP contribution in [0.2, 0.25) is 0 Å². The van der Waals surface area contributed by atoms with Crippen LogP contribution in [-0.2, 0) is 0 Å². The van der Waals surface area contributed by atoms with E-state index in [0.29, 0.717) is 0 Å². The summed E-state index contributed by atoms with van der Waals surface area (Å²) >= 11 is 0. The molecule has 0 radical (unpaired) electrons. The summed E-state index contributed by atoms with van der Waals surface area (Å²) in [6.07, 6.45) is 2.00. The number of hydrogen-bond acceptors (Lipinski definition) is 2. The highest BCUT2D eigenvalue weighted by Crippen LogP contribution is 2.34. The molecule has 2 aromatic heterocycles. The second kappa shape index (κ2) is 10.8. The predicted molar refractivity (Wildman–Crippen MR) is 180 cm³/mol. The summed E-state index contributed by atoms with van der Waals surface area (Å²) in [5.74, 6) is 0. The van der Waals surface area contributed by atoms with Gasteiger partial charge in [0.1, 0.15) is 5.69 Å². The van der Waals surface area contributed by atoms with Crippen molar-refractivity contribution in [3.05, 3.63) is 164 Å². The van der Waals surface area contributed by atoms with E-state index in [2.05, 4.69) is 173 Å². The number of hydrogen-bond donors (Lipinski definition) is 0. The predicted octanol–water partition coefficient (Wildman–Crippen LogP) is 7.79. The van der Waals surface area contributed by atoms with Crippen molar-refractivity contribution in [3.8, 4) is 22.6 Å². The lowest BCUT2D eigenvalue weighted by molar-refractivity contribution is 0.803. The molecule has 4 nitrogen and oxygen atoms in total. The summed E-state index contributed by atoms with van der Waals surface area (Å²) in [6.45, 7) is 0. The molecule has 0 N–H and O–H groups in total. The van der Waals surface area contributed by atoms with Gasteiger partial charge in [-0.1, -0.05) is 127 Å². The Morgan fingerprint density at radius 1 is 0.442 bits per heavy atom. The maximum absolute atomic E-state index is 4.52. The summed E-state index contributed by atoms with van der Waals surface area (Å²) in [7, 11) is -0.643. The molecule has 0 bridgehead atoms. The van der Waals surface area contributed by atoms with Crippen molar-refractivity contribution < 1.29 is 0 Å². The molecule has 0 spiro atoms. The molecule has 8 rings (SSSR count). The Morgan fingerprint density at radius 2 is 0.930 bits per heavy atom. The maximum atomic E-state index is 4.52. The minimum absolute atomic E-state index is 0.643. The third-order valence-electron chi connectivity index (χ3n) is 7.90. The number of rotatable bonds is 6. The Labute approximate surface area is 251 Å². The number of nitrogens with zero attached hydrogens (tertiary/aromatic N) is 4. The molecule has 0 unspecified atom stereocenters. The van der Waals surface area contributed by atoms with Crippen LogP contribution in [0.4, 0.5) is 0 Å². The summed E-state index contributed by atoms with van der Waals surface area (Å²) < 4.78 is 4.17. The van der Waals surface area contributed by atoms with E-state index in [0.717, 1.165) is 22.6 Å². The van der Waals surface area contributed by atoms with Crippen LogP contribution in [0.25, 0.3) is 44.4 Å². The molecule has 8 aromatic rings. The minimum atomic E-state index is -0.643. The highest BCUT2D eigenvalue weighted by molar-refractivity contribution is 7.79. The first-order valence-electron chi connectivity index (χ1n) is 14.4. The lowest BCUT2D eigenvalue weighted by Crippen LogP contribution is -2.20. The van der Waals surface area contributed by atoms with Gasteiger partial charge in [-0.2, -0.15) is 0 Å². The van der Waals surface area contributed by atoms with Crippen molar-refractivity contribution in [2.75, 3.05) is 0 Å². The van der Waals surface area contributed by atoms with Crippen LogP contribution >= 0.6 is 7.92 Å². The van der Waals surface area contributed by atoms with E-state index in [1.165, 1.54) is 37.7 Å². The highest BCUT2D eigenvalue weighted by atomic mass is 31.1. The first-order chi connectivity index (χ1) is 21.3. The fraction of sp³-hybridized carbons (Fsp3) is 0. The molecular weight excluding hydrogens is 543 g/mol. The molecule has 0 saturated heterocycles. The van der Waals surface area contributed by atoms with Gasteiger partial charge in [0.2, 0.25) is 0 Å². The molecule has 5 heteroatoms. The van der Waals surface area contributed by atoms with Crippen molar-refractivity contribution in [2.24, 2.45) is 0 Å². The standard InChI is InChI=1S/C38H27N4P/c1-3-11-31(12-4-1)43(32-13-5-2-6-14-32)33-25-19-28(20-26-33)36-27-41(40-39-36)29-21-23-30(24-22-29)42-37-17-9-7-15-34(37)35-16-8-10-18-38(35)42/h1-27H. The number of benzene rings is 6. The van der Waals surface area contributed by atoms with Crippen molar-refractivity contribution >= 4 is 45.6 Å². The molecule has 0 amide bonds. The molecule has 0 aliphatic carbocycles. The second-order valence-corrected chi connectivity index (χ2v) is 12.7. The quantitative estimate of drug-likeness (QED) is 0.191. The monoisotopic (exact) mass is 570 g/mol. The van der Waals surface area contributed by atoms with Crippen LogP contribution in [0.3, 0.4) is 0 Å². The van der Waals surface area contributed by atoms with Crippen molar-refractivity contribution in [1.29, 1.82) is 0 Å². The zero-order valence-corrected chi connectivity index (χ0v) is 24.2. The average Bonchev–Trinajstić information content (AvgIpc) is 3.70. The van der Waals surface area contributed by atoms with Crippen LogP contribution in [-0.4, -0.2) is 19.6 Å². The molecule has 0 fully saturated rings. The van der Waals surface area contributed by atoms with E-state index in [4.69, 9.17) is 0 Å². The SMILES string of the molecule is c1ccc(P(c2ccccc2)c2ccc(-c3cn(-c4ccc(-n5c6ccccc6c6ccccc65)cc4)nn3)cc2)cc1. The van der Waals surface area contributed by atoms with Crippen LogP contribution in [0.5, 0.6) is 0 Å². The fourth-order valence-electron chi connectivity index (χ4n) is 5.86. The van der Waals surface area contributed by atoms with Crippen LogP contribution in [0.1, 0.15) is 0 Å². The van der Waals surface area contributed by atoms with Crippen molar-refractivity contribution in [2.45, 2.75) is 0 Å². The van der Waals surface area contributed by atoms with Gasteiger partial charge in [0.15, 0.2) is 0 Å². The minimum Gasteiger partial charge on any atom is -0.309 e. The topological polar surface area (TPSA) is 35.6 Å². The van der Waals surface area contributed by atoms with Gasteiger partial charge in [-0.15, -0.1) is 5.10 Å². The van der Waals surface area contributed by atoms with E-state index in [1.54, 1.807) is 0 Å². The number of para-hydroxylation sites is 2. The van der Waals surface area contributed by atoms with Gasteiger partial charge >= 0.3 is 0 Å². The first kappa shape index (κ1) is 25.4. The zero-order valence-electron chi connectivity index (χ0n) is 23.3. The fourth-order valence-corrected chi connectivity index (χ4v) is 8.14. The summed E-state index contributed by atoms with van der Waals surface area (Å²) in [5, 5.41) is 15.5. The number of fused-ring (bicyclic) bond motifs is 3. The lowest BCUT2D eigenvalue weighted by atomic mass is 10.2. The Kier molecular flexibility index (Phi) is 6.40. The summed E-state index contributed by atoms with van der Waals surface area (Å²) in [5.41, 5.74) is 6.38. The smallest absolute Gasteiger partial charge is 0.113 e. The maximum Gasteiger partial charge on any atom is 0.113 e. The van der Waals surface area contributed by atoms with E-state index >= 15 is 0 Å². The molecular formula is C38H27N4P. The Bertz CT molecular complexity index is 2070. The molecule has 6 aromatic carbocycles. The van der Waals surface area contributed by atoms with E-state index in [1.807, 2.05) is 10.9 Å².